The van der Waals surface area contributed by atoms with Crippen molar-refractivity contribution < 1.29 is 9.47 Å². The van der Waals surface area contributed by atoms with Crippen LogP contribution in [0.5, 0.6) is 11.5 Å². The minimum atomic E-state index is 0.536. The first-order valence-corrected chi connectivity index (χ1v) is 8.53. The van der Waals surface area contributed by atoms with E-state index in [1.54, 1.807) is 14.2 Å². The van der Waals surface area contributed by atoms with Crippen molar-refractivity contribution in [2.24, 2.45) is 4.99 Å². The molecule has 0 unspecified atom stereocenters. The van der Waals surface area contributed by atoms with Gasteiger partial charge in [-0.2, -0.15) is 0 Å². The van der Waals surface area contributed by atoms with E-state index in [0.29, 0.717) is 6.54 Å². The first-order chi connectivity index (χ1) is 12.3. The molecule has 2 N–H and O–H groups in total. The van der Waals surface area contributed by atoms with E-state index in [2.05, 4.69) is 46.8 Å². The first-order valence-electron chi connectivity index (χ1n) is 8.53. The molecule has 134 valence electrons. The Bertz CT molecular complexity index is 672. The van der Waals surface area contributed by atoms with Gasteiger partial charge in [-0.05, 0) is 31.0 Å². The van der Waals surface area contributed by atoms with Crippen LogP contribution in [-0.2, 0) is 13.0 Å². The van der Waals surface area contributed by atoms with Gasteiger partial charge < -0.3 is 20.1 Å². The average molecular weight is 341 g/mol. The van der Waals surface area contributed by atoms with Crippen molar-refractivity contribution in [3.05, 3.63) is 59.7 Å². The number of guanidine groups is 1. The number of nitrogens with one attached hydrogen (secondary N) is 2. The Balaban J connectivity index is 1.97. The van der Waals surface area contributed by atoms with Crippen molar-refractivity contribution in [1.82, 2.24) is 10.6 Å². The van der Waals surface area contributed by atoms with Crippen LogP contribution >= 0.6 is 0 Å². The highest BCUT2D eigenvalue weighted by atomic mass is 16.5. The Morgan fingerprint density at radius 2 is 1.80 bits per heavy atom. The monoisotopic (exact) mass is 341 g/mol. The van der Waals surface area contributed by atoms with Gasteiger partial charge >= 0.3 is 0 Å². The minimum Gasteiger partial charge on any atom is -0.497 e. The van der Waals surface area contributed by atoms with E-state index in [-0.39, 0.29) is 0 Å². The smallest absolute Gasteiger partial charge is 0.191 e. The fraction of sp³-hybridized carbons (Fsp3) is 0.350. The normalized spacial score (nSPS) is 11.1. The van der Waals surface area contributed by atoms with Crippen LogP contribution in [0.4, 0.5) is 0 Å². The van der Waals surface area contributed by atoms with Crippen LogP contribution < -0.4 is 20.1 Å². The van der Waals surface area contributed by atoms with Crippen LogP contribution in [0.15, 0.2) is 53.5 Å². The second-order valence-corrected chi connectivity index (χ2v) is 5.54. The van der Waals surface area contributed by atoms with E-state index in [0.717, 1.165) is 42.5 Å². The summed E-state index contributed by atoms with van der Waals surface area (Å²) in [7, 11) is 3.30. The van der Waals surface area contributed by atoms with Crippen LogP contribution in [0.3, 0.4) is 0 Å². The molecule has 0 aliphatic carbocycles. The Kier molecular flexibility index (Phi) is 7.63. The molecule has 2 rings (SSSR count). The van der Waals surface area contributed by atoms with Gasteiger partial charge in [0, 0.05) is 24.7 Å². The quantitative estimate of drug-likeness (QED) is 0.572. The zero-order chi connectivity index (χ0) is 17.9. The summed E-state index contributed by atoms with van der Waals surface area (Å²) in [6.45, 7) is 4.24. The van der Waals surface area contributed by atoms with Crippen molar-refractivity contribution in [1.29, 1.82) is 0 Å². The van der Waals surface area contributed by atoms with Crippen LogP contribution in [0.1, 0.15) is 18.1 Å². The van der Waals surface area contributed by atoms with Gasteiger partial charge in [0.1, 0.15) is 11.5 Å². The summed E-state index contributed by atoms with van der Waals surface area (Å²) < 4.78 is 10.7. The molecule has 0 aliphatic rings. The van der Waals surface area contributed by atoms with Crippen LogP contribution in [-0.4, -0.2) is 33.3 Å². The van der Waals surface area contributed by atoms with Gasteiger partial charge in [0.05, 0.1) is 20.8 Å². The third-order valence-corrected chi connectivity index (χ3v) is 3.79. The van der Waals surface area contributed by atoms with Gasteiger partial charge in [-0.15, -0.1) is 0 Å². The van der Waals surface area contributed by atoms with Gasteiger partial charge in [-0.3, -0.25) is 0 Å². The lowest BCUT2D eigenvalue weighted by Crippen LogP contribution is -2.38. The molecule has 2 aromatic carbocycles. The summed E-state index contributed by atoms with van der Waals surface area (Å²) in [5, 5.41) is 6.65. The summed E-state index contributed by atoms with van der Waals surface area (Å²) in [5.74, 6) is 2.36. The van der Waals surface area contributed by atoms with E-state index in [1.165, 1.54) is 5.56 Å². The molecule has 0 aliphatic heterocycles. The van der Waals surface area contributed by atoms with Crippen LogP contribution in [0.25, 0.3) is 0 Å². The molecular weight excluding hydrogens is 314 g/mol. The highest BCUT2D eigenvalue weighted by Crippen LogP contribution is 2.25. The lowest BCUT2D eigenvalue weighted by atomic mass is 10.1. The molecule has 0 heterocycles. The number of methoxy groups -OCH3 is 2. The molecular formula is C20H27N3O2. The highest BCUT2D eigenvalue weighted by Gasteiger charge is 2.05. The number of ether oxygens (including phenoxy) is 2. The second-order valence-electron chi connectivity index (χ2n) is 5.54. The van der Waals surface area contributed by atoms with E-state index < -0.39 is 0 Å². The summed E-state index contributed by atoms with van der Waals surface area (Å²) in [6.07, 6.45) is 0.955. The fourth-order valence-corrected chi connectivity index (χ4v) is 2.46. The molecule has 0 amide bonds. The molecule has 0 aromatic heterocycles. The molecule has 5 nitrogen and oxygen atoms in total. The molecule has 0 fully saturated rings. The first kappa shape index (κ1) is 18.6. The molecule has 0 spiro atoms. The summed E-state index contributed by atoms with van der Waals surface area (Å²) in [4.78, 5) is 4.65. The zero-order valence-electron chi connectivity index (χ0n) is 15.2. The number of rotatable bonds is 8. The van der Waals surface area contributed by atoms with E-state index in [1.807, 2.05) is 24.3 Å². The largest absolute Gasteiger partial charge is 0.497 e. The van der Waals surface area contributed by atoms with Crippen LogP contribution in [0, 0.1) is 0 Å². The second kappa shape index (κ2) is 10.2. The lowest BCUT2D eigenvalue weighted by Gasteiger charge is -2.13. The van der Waals surface area contributed by atoms with E-state index in [4.69, 9.17) is 9.47 Å². The zero-order valence-corrected chi connectivity index (χ0v) is 15.2. The Morgan fingerprint density at radius 3 is 2.48 bits per heavy atom. The molecule has 0 saturated carbocycles. The number of hydrogen-bond donors (Lipinski definition) is 2. The topological polar surface area (TPSA) is 54.9 Å². The highest BCUT2D eigenvalue weighted by molar-refractivity contribution is 5.79. The van der Waals surface area contributed by atoms with Crippen LogP contribution in [0.2, 0.25) is 0 Å². The summed E-state index contributed by atoms with van der Waals surface area (Å²) in [6, 6.07) is 16.2. The number of aliphatic imine (C=N–C) groups is 1. The number of benzene rings is 2. The maximum Gasteiger partial charge on any atom is 0.191 e. The summed E-state index contributed by atoms with van der Waals surface area (Å²) in [5.41, 5.74) is 2.33. The van der Waals surface area contributed by atoms with Gasteiger partial charge in [0.25, 0.3) is 0 Å². The Morgan fingerprint density at radius 1 is 1.00 bits per heavy atom. The van der Waals surface area contributed by atoms with Crippen molar-refractivity contribution in [3.63, 3.8) is 0 Å². The number of hydrogen-bond acceptors (Lipinski definition) is 3. The standard InChI is InChI=1S/C20H27N3O2/c1-4-21-20(22-13-12-16-8-6-5-7-9-16)23-15-17-10-11-18(24-2)14-19(17)25-3/h5-11,14H,4,12-13,15H2,1-3H3,(H2,21,22,23). The van der Waals surface area contributed by atoms with E-state index in [9.17, 15) is 0 Å². The van der Waals surface area contributed by atoms with Gasteiger partial charge in [0.15, 0.2) is 5.96 Å². The van der Waals surface area contributed by atoms with Gasteiger partial charge in [-0.1, -0.05) is 30.3 Å². The van der Waals surface area contributed by atoms with E-state index >= 15 is 0 Å². The maximum atomic E-state index is 5.43. The predicted molar refractivity (Wildman–Crippen MR) is 103 cm³/mol. The van der Waals surface area contributed by atoms with Gasteiger partial charge in [-0.25, -0.2) is 4.99 Å². The Hall–Kier alpha value is -2.69. The SMILES string of the molecule is CCNC(=NCc1ccc(OC)cc1OC)NCCc1ccccc1. The third-order valence-electron chi connectivity index (χ3n) is 3.79. The fourth-order valence-electron chi connectivity index (χ4n) is 2.46. The molecule has 0 radical (unpaired) electrons. The molecule has 25 heavy (non-hydrogen) atoms. The molecule has 0 atom stereocenters. The molecule has 0 saturated heterocycles. The number of nitrogens with zero attached hydrogens (tertiary/aromatic N) is 1. The van der Waals surface area contributed by atoms with Gasteiger partial charge in [0.2, 0.25) is 0 Å². The van der Waals surface area contributed by atoms with Crippen molar-refractivity contribution >= 4 is 5.96 Å². The minimum absolute atomic E-state index is 0.536. The predicted octanol–water partition coefficient (Wildman–Crippen LogP) is 3.00. The summed E-state index contributed by atoms with van der Waals surface area (Å²) >= 11 is 0. The molecule has 2 aromatic rings. The van der Waals surface area contributed by atoms with Crippen molar-refractivity contribution in [2.75, 3.05) is 27.3 Å². The van der Waals surface area contributed by atoms with Crippen molar-refractivity contribution in [2.45, 2.75) is 19.9 Å². The average Bonchev–Trinajstić information content (AvgIpc) is 2.66. The molecule has 0 bridgehead atoms. The lowest BCUT2D eigenvalue weighted by molar-refractivity contribution is 0.391. The molecule has 5 heteroatoms. The maximum absolute atomic E-state index is 5.43. The third kappa shape index (κ3) is 6.03. The Labute approximate surface area is 150 Å². The van der Waals surface area contributed by atoms with Crippen molar-refractivity contribution in [3.8, 4) is 11.5 Å².